The number of imidazole rings is 1. The number of carbonyl (C=O) groups is 1. The molecule has 0 saturated carbocycles. The van der Waals surface area contributed by atoms with Crippen molar-refractivity contribution in [3.63, 3.8) is 0 Å². The van der Waals surface area contributed by atoms with Gasteiger partial charge in [0, 0.05) is 37.1 Å². The van der Waals surface area contributed by atoms with Crippen molar-refractivity contribution in [3.8, 4) is 0 Å². The average Bonchev–Trinajstić information content (AvgIpc) is 3.00. The summed E-state index contributed by atoms with van der Waals surface area (Å²) in [5, 5.41) is 2.83. The molecule has 0 atom stereocenters. The normalized spacial score (nSPS) is 10.6. The molecule has 3 rings (SSSR count). The number of nitrogens with one attached hydrogen (secondary N) is 1. The van der Waals surface area contributed by atoms with Gasteiger partial charge in [-0.3, -0.25) is 9.78 Å². The van der Waals surface area contributed by atoms with Gasteiger partial charge in [0.15, 0.2) is 0 Å². The number of aromatic nitrogens is 3. The predicted molar refractivity (Wildman–Crippen MR) is 87.8 cm³/mol. The first-order chi connectivity index (χ1) is 11.6. The number of hydrogen-bond acceptors (Lipinski definition) is 3. The van der Waals surface area contributed by atoms with Crippen molar-refractivity contribution in [2.45, 2.75) is 13.0 Å². The number of hydrogen-bond donors (Lipinski definition) is 1. The molecule has 0 bridgehead atoms. The molecule has 5 nitrogen and oxygen atoms in total. The SMILES string of the molecule is Cn1cnc(CNC(=O)c2ccnc(Cc3ccc(F)cc3)c2)c1. The first-order valence-electron chi connectivity index (χ1n) is 7.54. The van der Waals surface area contributed by atoms with E-state index in [1.54, 1.807) is 36.8 Å². The molecule has 2 aromatic heterocycles. The lowest BCUT2D eigenvalue weighted by Crippen LogP contribution is -2.23. The van der Waals surface area contributed by atoms with Crippen LogP contribution >= 0.6 is 0 Å². The van der Waals surface area contributed by atoms with Gasteiger partial charge in [-0.1, -0.05) is 12.1 Å². The van der Waals surface area contributed by atoms with E-state index < -0.39 is 0 Å². The van der Waals surface area contributed by atoms with E-state index in [0.29, 0.717) is 18.5 Å². The van der Waals surface area contributed by atoms with E-state index in [0.717, 1.165) is 17.0 Å². The van der Waals surface area contributed by atoms with Gasteiger partial charge < -0.3 is 9.88 Å². The highest BCUT2D eigenvalue weighted by Gasteiger charge is 2.08. The van der Waals surface area contributed by atoms with Gasteiger partial charge in [-0.15, -0.1) is 0 Å². The van der Waals surface area contributed by atoms with Gasteiger partial charge >= 0.3 is 0 Å². The minimum Gasteiger partial charge on any atom is -0.346 e. The summed E-state index contributed by atoms with van der Waals surface area (Å²) in [7, 11) is 1.88. The maximum absolute atomic E-state index is 12.9. The fourth-order valence-corrected chi connectivity index (χ4v) is 2.36. The second-order valence-electron chi connectivity index (χ2n) is 5.55. The number of nitrogens with zero attached hydrogens (tertiary/aromatic N) is 3. The molecule has 1 amide bonds. The van der Waals surface area contributed by atoms with E-state index >= 15 is 0 Å². The minimum atomic E-state index is -0.269. The third-order valence-electron chi connectivity index (χ3n) is 3.57. The van der Waals surface area contributed by atoms with Gasteiger partial charge in [0.25, 0.3) is 5.91 Å². The summed E-state index contributed by atoms with van der Waals surface area (Å²) in [5.74, 6) is -0.447. The molecule has 0 unspecified atom stereocenters. The third kappa shape index (κ3) is 4.04. The summed E-state index contributed by atoms with van der Waals surface area (Å²) < 4.78 is 14.8. The Morgan fingerprint density at radius 2 is 1.96 bits per heavy atom. The van der Waals surface area contributed by atoms with E-state index in [4.69, 9.17) is 0 Å². The van der Waals surface area contributed by atoms with E-state index in [-0.39, 0.29) is 11.7 Å². The lowest BCUT2D eigenvalue weighted by molar-refractivity contribution is 0.0950. The molecule has 0 aliphatic carbocycles. The highest BCUT2D eigenvalue weighted by Crippen LogP contribution is 2.10. The lowest BCUT2D eigenvalue weighted by atomic mass is 10.1. The molecule has 0 radical (unpaired) electrons. The minimum absolute atomic E-state index is 0.177. The van der Waals surface area contributed by atoms with E-state index in [1.807, 2.05) is 17.8 Å². The Balaban J connectivity index is 1.65. The first-order valence-corrected chi connectivity index (χ1v) is 7.54. The smallest absolute Gasteiger partial charge is 0.251 e. The van der Waals surface area contributed by atoms with Gasteiger partial charge in [-0.05, 0) is 29.8 Å². The van der Waals surface area contributed by atoms with E-state index in [1.165, 1.54) is 12.1 Å². The number of pyridine rings is 1. The number of rotatable bonds is 5. The maximum atomic E-state index is 12.9. The van der Waals surface area contributed by atoms with Gasteiger partial charge in [-0.25, -0.2) is 9.37 Å². The van der Waals surface area contributed by atoms with E-state index in [2.05, 4.69) is 15.3 Å². The van der Waals surface area contributed by atoms with Crippen molar-refractivity contribution in [1.82, 2.24) is 19.9 Å². The average molecular weight is 324 g/mol. The summed E-state index contributed by atoms with van der Waals surface area (Å²) in [4.78, 5) is 20.7. The third-order valence-corrected chi connectivity index (χ3v) is 3.57. The first kappa shape index (κ1) is 15.9. The molecular formula is C18H17FN4O. The molecule has 0 aliphatic rings. The van der Waals surface area contributed by atoms with Crippen LogP contribution in [-0.4, -0.2) is 20.4 Å². The van der Waals surface area contributed by atoms with Crippen molar-refractivity contribution >= 4 is 5.91 Å². The Labute approximate surface area is 139 Å². The van der Waals surface area contributed by atoms with Crippen LogP contribution in [0.15, 0.2) is 55.1 Å². The molecular weight excluding hydrogens is 307 g/mol. The summed E-state index contributed by atoms with van der Waals surface area (Å²) in [5.41, 5.74) is 3.03. The molecule has 3 aromatic rings. The molecule has 0 aliphatic heterocycles. The Kier molecular flexibility index (Phi) is 4.65. The van der Waals surface area contributed by atoms with Crippen LogP contribution in [0.3, 0.4) is 0 Å². The predicted octanol–water partition coefficient (Wildman–Crippen LogP) is 2.48. The Hall–Kier alpha value is -3.02. The zero-order valence-corrected chi connectivity index (χ0v) is 13.2. The van der Waals surface area contributed by atoms with Crippen molar-refractivity contribution in [3.05, 3.63) is 83.5 Å². The second-order valence-corrected chi connectivity index (χ2v) is 5.55. The summed E-state index contributed by atoms with van der Waals surface area (Å²) in [6.45, 7) is 0.370. The van der Waals surface area contributed by atoms with Crippen molar-refractivity contribution in [2.75, 3.05) is 0 Å². The van der Waals surface area contributed by atoms with Crippen molar-refractivity contribution in [2.24, 2.45) is 7.05 Å². The van der Waals surface area contributed by atoms with Crippen molar-refractivity contribution < 1.29 is 9.18 Å². The summed E-state index contributed by atoms with van der Waals surface area (Å²) in [6.07, 6.45) is 5.69. The summed E-state index contributed by atoms with van der Waals surface area (Å²) >= 11 is 0. The zero-order chi connectivity index (χ0) is 16.9. The maximum Gasteiger partial charge on any atom is 0.251 e. The molecule has 2 heterocycles. The Bertz CT molecular complexity index is 842. The molecule has 24 heavy (non-hydrogen) atoms. The Morgan fingerprint density at radius 1 is 1.17 bits per heavy atom. The van der Waals surface area contributed by atoms with Gasteiger partial charge in [-0.2, -0.15) is 0 Å². The van der Waals surface area contributed by atoms with E-state index in [9.17, 15) is 9.18 Å². The molecule has 0 fully saturated rings. The monoisotopic (exact) mass is 324 g/mol. The van der Waals surface area contributed by atoms with Gasteiger partial charge in [0.05, 0.1) is 18.6 Å². The second kappa shape index (κ2) is 7.04. The standard InChI is InChI=1S/C18H17FN4O/c1-23-11-17(22-12-23)10-21-18(24)14-6-7-20-16(9-14)8-13-2-4-15(19)5-3-13/h2-7,9,11-12H,8,10H2,1H3,(H,21,24). The number of halogens is 1. The van der Waals surface area contributed by atoms with Crippen LogP contribution in [0.4, 0.5) is 4.39 Å². The number of aryl methyl sites for hydroxylation is 1. The molecule has 6 heteroatoms. The van der Waals surface area contributed by atoms with Crippen LogP contribution in [0.1, 0.15) is 27.3 Å². The van der Waals surface area contributed by atoms with Gasteiger partial charge in [0.2, 0.25) is 0 Å². The fraction of sp³-hybridized carbons (Fsp3) is 0.167. The highest BCUT2D eigenvalue weighted by molar-refractivity contribution is 5.94. The van der Waals surface area contributed by atoms with Crippen molar-refractivity contribution in [1.29, 1.82) is 0 Å². The van der Waals surface area contributed by atoms with Crippen LogP contribution in [0, 0.1) is 5.82 Å². The van der Waals surface area contributed by atoms with Crippen LogP contribution in [0.2, 0.25) is 0 Å². The zero-order valence-electron chi connectivity index (χ0n) is 13.2. The molecule has 122 valence electrons. The molecule has 1 aromatic carbocycles. The molecule has 0 spiro atoms. The van der Waals surface area contributed by atoms with Gasteiger partial charge in [0.1, 0.15) is 5.82 Å². The number of amides is 1. The quantitative estimate of drug-likeness (QED) is 0.784. The highest BCUT2D eigenvalue weighted by atomic mass is 19.1. The largest absolute Gasteiger partial charge is 0.346 e. The molecule has 0 saturated heterocycles. The fourth-order valence-electron chi connectivity index (χ4n) is 2.36. The topological polar surface area (TPSA) is 59.8 Å². The number of benzene rings is 1. The van der Waals surface area contributed by atoms with Crippen LogP contribution in [-0.2, 0) is 20.0 Å². The van der Waals surface area contributed by atoms with Crippen LogP contribution in [0.5, 0.6) is 0 Å². The molecule has 1 N–H and O–H groups in total. The number of carbonyl (C=O) groups excluding carboxylic acids is 1. The lowest BCUT2D eigenvalue weighted by Gasteiger charge is -2.06. The van der Waals surface area contributed by atoms with Crippen LogP contribution < -0.4 is 5.32 Å². The Morgan fingerprint density at radius 3 is 2.67 bits per heavy atom. The summed E-state index contributed by atoms with van der Waals surface area (Å²) in [6, 6.07) is 9.67. The van der Waals surface area contributed by atoms with Crippen LogP contribution in [0.25, 0.3) is 0 Å².